The molecule has 0 unspecified atom stereocenters. The topological polar surface area (TPSA) is 15.5 Å². The highest BCUT2D eigenvalue weighted by Crippen LogP contribution is 2.06. The molecule has 0 bridgehead atoms. The molecule has 2 aliphatic heterocycles. The molecule has 0 aromatic heterocycles. The summed E-state index contributed by atoms with van der Waals surface area (Å²) in [5.74, 6) is 0. The van der Waals surface area contributed by atoms with Gasteiger partial charge in [0.05, 0.1) is 13.2 Å². The van der Waals surface area contributed by atoms with Crippen molar-refractivity contribution >= 4 is 0 Å². The van der Waals surface area contributed by atoms with Crippen LogP contribution in [0.15, 0.2) is 0 Å². The number of hydrogen-bond acceptors (Lipinski definition) is 3. The number of rotatable bonds is 5. The third kappa shape index (κ3) is 3.63. The normalized spacial score (nSPS) is 24.9. The second-order valence-electron chi connectivity index (χ2n) is 4.00. The van der Waals surface area contributed by atoms with Gasteiger partial charge in [0.15, 0.2) is 0 Å². The van der Waals surface area contributed by atoms with Crippen molar-refractivity contribution in [2.45, 2.75) is 12.8 Å². The summed E-state index contributed by atoms with van der Waals surface area (Å²) in [5, 5.41) is 0. The number of nitrogens with zero attached hydrogens (tertiary/aromatic N) is 2. The van der Waals surface area contributed by atoms with Crippen LogP contribution in [0.5, 0.6) is 0 Å². The molecule has 2 rings (SSSR count). The van der Waals surface area contributed by atoms with E-state index in [4.69, 9.17) is 4.74 Å². The van der Waals surface area contributed by atoms with E-state index in [1.165, 1.54) is 39.0 Å². The van der Waals surface area contributed by atoms with Crippen LogP contribution in [-0.2, 0) is 4.74 Å². The Morgan fingerprint density at radius 1 is 0.769 bits per heavy atom. The van der Waals surface area contributed by atoms with Gasteiger partial charge in [-0.25, -0.2) is 0 Å². The van der Waals surface area contributed by atoms with E-state index in [1.807, 2.05) is 0 Å². The van der Waals surface area contributed by atoms with Crippen molar-refractivity contribution in [2.75, 3.05) is 52.5 Å². The third-order valence-corrected chi connectivity index (χ3v) is 2.84. The Morgan fingerprint density at radius 3 is 1.85 bits per heavy atom. The van der Waals surface area contributed by atoms with Crippen molar-refractivity contribution in [3.63, 3.8) is 0 Å². The van der Waals surface area contributed by atoms with E-state index in [0.717, 1.165) is 26.3 Å². The maximum absolute atomic E-state index is 5.30. The van der Waals surface area contributed by atoms with E-state index in [1.54, 1.807) is 0 Å². The fourth-order valence-electron chi connectivity index (χ4n) is 1.79. The van der Waals surface area contributed by atoms with E-state index in [2.05, 4.69) is 9.80 Å². The zero-order valence-electron chi connectivity index (χ0n) is 8.37. The fourth-order valence-corrected chi connectivity index (χ4v) is 1.79. The molecular weight excluding hydrogens is 164 g/mol. The highest BCUT2D eigenvalue weighted by atomic mass is 16.5. The van der Waals surface area contributed by atoms with Gasteiger partial charge in [0.25, 0.3) is 0 Å². The van der Waals surface area contributed by atoms with Crippen LogP contribution in [0.1, 0.15) is 12.8 Å². The van der Waals surface area contributed by atoms with Crippen LogP contribution in [0.3, 0.4) is 0 Å². The molecule has 0 N–H and O–H groups in total. The molecule has 0 atom stereocenters. The fraction of sp³-hybridized carbons (Fsp3) is 1.00. The molecule has 13 heavy (non-hydrogen) atoms. The van der Waals surface area contributed by atoms with Crippen molar-refractivity contribution in [3.05, 3.63) is 0 Å². The first-order valence-electron chi connectivity index (χ1n) is 5.47. The van der Waals surface area contributed by atoms with Crippen LogP contribution < -0.4 is 0 Å². The SMILES string of the molecule is C(CCN1CC1)CN1CCOCC1. The van der Waals surface area contributed by atoms with Gasteiger partial charge in [-0.15, -0.1) is 0 Å². The van der Waals surface area contributed by atoms with Crippen LogP contribution in [0.4, 0.5) is 0 Å². The highest BCUT2D eigenvalue weighted by Gasteiger charge is 2.16. The van der Waals surface area contributed by atoms with Crippen LogP contribution in [-0.4, -0.2) is 62.3 Å². The maximum Gasteiger partial charge on any atom is 0.0594 e. The lowest BCUT2D eigenvalue weighted by atomic mass is 10.3. The van der Waals surface area contributed by atoms with Gasteiger partial charge in [0.1, 0.15) is 0 Å². The average Bonchev–Trinajstić information content (AvgIpc) is 2.98. The predicted octanol–water partition coefficient (Wildman–Crippen LogP) is 0.414. The average molecular weight is 184 g/mol. The lowest BCUT2D eigenvalue weighted by Crippen LogP contribution is -2.36. The minimum absolute atomic E-state index is 0.937. The molecule has 0 spiro atoms. The Labute approximate surface area is 80.6 Å². The lowest BCUT2D eigenvalue weighted by molar-refractivity contribution is 0.0371. The molecule has 2 aliphatic rings. The second kappa shape index (κ2) is 4.94. The number of ether oxygens (including phenoxy) is 1. The Bertz CT molecular complexity index is 142. The molecular formula is C10H20N2O. The lowest BCUT2D eigenvalue weighted by Gasteiger charge is -2.26. The Kier molecular flexibility index (Phi) is 3.58. The third-order valence-electron chi connectivity index (χ3n) is 2.84. The van der Waals surface area contributed by atoms with Gasteiger partial charge in [-0.3, -0.25) is 4.90 Å². The summed E-state index contributed by atoms with van der Waals surface area (Å²) < 4.78 is 5.30. The van der Waals surface area contributed by atoms with Crippen LogP contribution in [0, 0.1) is 0 Å². The minimum Gasteiger partial charge on any atom is -0.379 e. The Hall–Kier alpha value is -0.120. The molecule has 0 aliphatic carbocycles. The molecule has 2 heterocycles. The summed E-state index contributed by atoms with van der Waals surface area (Å²) in [4.78, 5) is 5.02. The molecule has 2 saturated heterocycles. The summed E-state index contributed by atoms with van der Waals surface area (Å²) in [6, 6.07) is 0. The standard InChI is InChI=1S/C10H20N2O/c1(3-11-5-6-11)2-4-12-7-9-13-10-8-12/h1-10H2. The van der Waals surface area contributed by atoms with Gasteiger partial charge in [-0.05, 0) is 25.9 Å². The molecule has 0 aromatic rings. The minimum atomic E-state index is 0.937. The van der Waals surface area contributed by atoms with Crippen molar-refractivity contribution in [1.82, 2.24) is 9.80 Å². The summed E-state index contributed by atoms with van der Waals surface area (Å²) in [5.41, 5.74) is 0. The molecule has 3 nitrogen and oxygen atoms in total. The van der Waals surface area contributed by atoms with E-state index >= 15 is 0 Å². The van der Waals surface area contributed by atoms with Gasteiger partial charge in [0.2, 0.25) is 0 Å². The Morgan fingerprint density at radius 2 is 1.31 bits per heavy atom. The first-order chi connectivity index (χ1) is 6.45. The molecule has 0 aromatic carbocycles. The zero-order chi connectivity index (χ0) is 8.93. The van der Waals surface area contributed by atoms with Crippen LogP contribution in [0.2, 0.25) is 0 Å². The monoisotopic (exact) mass is 184 g/mol. The summed E-state index contributed by atoms with van der Waals surface area (Å²) in [6.45, 7) is 9.45. The van der Waals surface area contributed by atoms with Gasteiger partial charge >= 0.3 is 0 Å². The molecule has 76 valence electrons. The maximum atomic E-state index is 5.30. The van der Waals surface area contributed by atoms with E-state index < -0.39 is 0 Å². The second-order valence-corrected chi connectivity index (χ2v) is 4.00. The van der Waals surface area contributed by atoms with Gasteiger partial charge in [-0.1, -0.05) is 0 Å². The number of hydrogen-bond donors (Lipinski definition) is 0. The first kappa shape index (κ1) is 9.44. The predicted molar refractivity (Wildman–Crippen MR) is 52.9 cm³/mol. The quantitative estimate of drug-likeness (QED) is 0.455. The molecule has 0 saturated carbocycles. The van der Waals surface area contributed by atoms with Crippen molar-refractivity contribution in [1.29, 1.82) is 0 Å². The number of morpholine rings is 1. The van der Waals surface area contributed by atoms with Crippen LogP contribution >= 0.6 is 0 Å². The van der Waals surface area contributed by atoms with Crippen LogP contribution in [0.25, 0.3) is 0 Å². The van der Waals surface area contributed by atoms with Crippen molar-refractivity contribution < 1.29 is 4.74 Å². The van der Waals surface area contributed by atoms with Gasteiger partial charge in [0, 0.05) is 26.2 Å². The molecule has 0 amide bonds. The smallest absolute Gasteiger partial charge is 0.0594 e. The summed E-state index contributed by atoms with van der Waals surface area (Å²) in [7, 11) is 0. The van der Waals surface area contributed by atoms with Crippen molar-refractivity contribution in [2.24, 2.45) is 0 Å². The van der Waals surface area contributed by atoms with E-state index in [0.29, 0.717) is 0 Å². The summed E-state index contributed by atoms with van der Waals surface area (Å²) in [6.07, 6.45) is 2.73. The highest BCUT2D eigenvalue weighted by molar-refractivity contribution is 4.72. The first-order valence-corrected chi connectivity index (χ1v) is 5.47. The van der Waals surface area contributed by atoms with E-state index in [-0.39, 0.29) is 0 Å². The van der Waals surface area contributed by atoms with Gasteiger partial charge < -0.3 is 9.64 Å². The number of unbranched alkanes of at least 4 members (excludes halogenated alkanes) is 1. The Balaban J connectivity index is 1.46. The van der Waals surface area contributed by atoms with Gasteiger partial charge in [-0.2, -0.15) is 0 Å². The van der Waals surface area contributed by atoms with E-state index in [9.17, 15) is 0 Å². The summed E-state index contributed by atoms with van der Waals surface area (Å²) >= 11 is 0. The van der Waals surface area contributed by atoms with Crippen molar-refractivity contribution in [3.8, 4) is 0 Å². The molecule has 3 heteroatoms. The molecule has 2 fully saturated rings. The largest absolute Gasteiger partial charge is 0.379 e. The molecule has 0 radical (unpaired) electrons. The zero-order valence-corrected chi connectivity index (χ0v) is 8.37.